The molecule has 3 rings (SSSR count). The summed E-state index contributed by atoms with van der Waals surface area (Å²) in [5.41, 5.74) is 1.90. The highest BCUT2D eigenvalue weighted by Gasteiger charge is 2.16. The van der Waals surface area contributed by atoms with Crippen molar-refractivity contribution >= 4 is 23.2 Å². The van der Waals surface area contributed by atoms with Gasteiger partial charge in [0.05, 0.1) is 24.7 Å². The van der Waals surface area contributed by atoms with Crippen LogP contribution in [-0.2, 0) is 6.42 Å². The van der Waals surface area contributed by atoms with E-state index in [0.29, 0.717) is 22.2 Å². The molecule has 1 aromatic carbocycles. The van der Waals surface area contributed by atoms with Crippen molar-refractivity contribution in [2.75, 3.05) is 19.5 Å². The first-order chi connectivity index (χ1) is 12.5. The Morgan fingerprint density at radius 1 is 1.27 bits per heavy atom. The maximum Gasteiger partial charge on any atom is 0.268 e. The number of aromatic nitrogens is 3. The number of amides is 1. The molecule has 0 aliphatic rings. The molecule has 0 spiro atoms. The van der Waals surface area contributed by atoms with E-state index >= 15 is 0 Å². The van der Waals surface area contributed by atoms with Crippen LogP contribution in [0, 0.1) is 6.92 Å². The van der Waals surface area contributed by atoms with E-state index in [2.05, 4.69) is 27.4 Å². The molecule has 2 aromatic heterocycles. The molecule has 0 aliphatic heterocycles. The molecule has 0 unspecified atom stereocenters. The molecule has 1 amide bonds. The molecule has 2 heterocycles. The van der Waals surface area contributed by atoms with Crippen molar-refractivity contribution < 1.29 is 14.3 Å². The normalized spacial score (nSPS) is 10.6. The van der Waals surface area contributed by atoms with Gasteiger partial charge in [-0.15, -0.1) is 16.4 Å². The molecule has 136 valence electrons. The predicted octanol–water partition coefficient (Wildman–Crippen LogP) is 3.67. The van der Waals surface area contributed by atoms with E-state index in [4.69, 9.17) is 9.47 Å². The predicted molar refractivity (Wildman–Crippen MR) is 101 cm³/mol. The first-order valence-electron chi connectivity index (χ1n) is 8.11. The third kappa shape index (κ3) is 3.55. The van der Waals surface area contributed by atoms with Crippen LogP contribution in [0.4, 0.5) is 5.95 Å². The van der Waals surface area contributed by atoms with E-state index in [9.17, 15) is 4.79 Å². The van der Waals surface area contributed by atoms with Gasteiger partial charge in [-0.25, -0.2) is 0 Å². The molecular weight excluding hydrogens is 352 g/mol. The quantitative estimate of drug-likeness (QED) is 0.689. The minimum atomic E-state index is -0.218. The van der Waals surface area contributed by atoms with Crippen LogP contribution in [0.5, 0.6) is 11.5 Å². The van der Waals surface area contributed by atoms with Gasteiger partial charge in [-0.3, -0.25) is 15.2 Å². The van der Waals surface area contributed by atoms with E-state index in [-0.39, 0.29) is 11.9 Å². The zero-order valence-corrected chi connectivity index (χ0v) is 15.9. The molecular formula is C18H20N4O3S. The number of aromatic amines is 1. The average Bonchev–Trinajstić information content (AvgIpc) is 3.27. The third-order valence-electron chi connectivity index (χ3n) is 4.00. The Balaban J connectivity index is 1.80. The highest BCUT2D eigenvalue weighted by Crippen LogP contribution is 2.31. The largest absolute Gasteiger partial charge is 0.497 e. The number of methoxy groups -OCH3 is 2. The van der Waals surface area contributed by atoms with Gasteiger partial charge in [0.2, 0.25) is 5.95 Å². The van der Waals surface area contributed by atoms with Gasteiger partial charge >= 0.3 is 0 Å². The van der Waals surface area contributed by atoms with Crippen LogP contribution in [0.3, 0.4) is 0 Å². The topological polar surface area (TPSA) is 89.1 Å². The lowest BCUT2D eigenvalue weighted by Crippen LogP contribution is -2.11. The summed E-state index contributed by atoms with van der Waals surface area (Å²) in [6, 6.07) is 7.30. The van der Waals surface area contributed by atoms with Crippen LogP contribution in [0.2, 0.25) is 0 Å². The molecule has 7 nitrogen and oxygen atoms in total. The monoisotopic (exact) mass is 372 g/mol. The number of nitrogens with one attached hydrogen (secondary N) is 2. The molecule has 26 heavy (non-hydrogen) atoms. The van der Waals surface area contributed by atoms with Crippen molar-refractivity contribution in [2.45, 2.75) is 20.3 Å². The van der Waals surface area contributed by atoms with Crippen molar-refractivity contribution in [1.82, 2.24) is 15.2 Å². The third-order valence-corrected chi connectivity index (χ3v) is 5.09. The summed E-state index contributed by atoms with van der Waals surface area (Å²) >= 11 is 1.47. The van der Waals surface area contributed by atoms with Gasteiger partial charge in [-0.05, 0) is 37.1 Å². The van der Waals surface area contributed by atoms with Crippen LogP contribution >= 0.6 is 11.3 Å². The Morgan fingerprint density at radius 3 is 2.73 bits per heavy atom. The zero-order chi connectivity index (χ0) is 18.7. The van der Waals surface area contributed by atoms with Crippen LogP contribution in [-0.4, -0.2) is 35.3 Å². The second kappa shape index (κ2) is 7.57. The second-order valence-corrected chi connectivity index (χ2v) is 6.83. The number of ether oxygens (including phenoxy) is 2. The fourth-order valence-corrected chi connectivity index (χ4v) is 3.59. The summed E-state index contributed by atoms with van der Waals surface area (Å²) in [6.45, 7) is 4.08. The standard InChI is InChI=1S/C18H20N4O3S/c1-5-11-8-15(26-10(11)2)17(23)20-18-19-16(21-22-18)13-7-6-12(24-3)9-14(13)25-4/h6-9H,5H2,1-4H3,(H2,19,20,21,22,23). The SMILES string of the molecule is CCc1cc(C(=O)Nc2n[nH]c(-c3ccc(OC)cc3OC)n2)sc1C. The van der Waals surface area contributed by atoms with E-state index < -0.39 is 0 Å². The Kier molecular flexibility index (Phi) is 5.22. The molecule has 0 radical (unpaired) electrons. The van der Waals surface area contributed by atoms with E-state index in [0.717, 1.165) is 16.9 Å². The lowest BCUT2D eigenvalue weighted by Gasteiger charge is -2.07. The molecule has 0 saturated carbocycles. The van der Waals surface area contributed by atoms with Gasteiger partial charge in [0.25, 0.3) is 5.91 Å². The van der Waals surface area contributed by atoms with Crippen molar-refractivity contribution in [3.8, 4) is 22.9 Å². The highest BCUT2D eigenvalue weighted by atomic mass is 32.1. The van der Waals surface area contributed by atoms with Gasteiger partial charge < -0.3 is 9.47 Å². The minimum absolute atomic E-state index is 0.215. The summed E-state index contributed by atoms with van der Waals surface area (Å²) in [6.07, 6.45) is 0.900. The average molecular weight is 372 g/mol. The molecule has 3 aromatic rings. The van der Waals surface area contributed by atoms with Crippen LogP contribution in [0.15, 0.2) is 24.3 Å². The number of carbonyl (C=O) groups is 1. The van der Waals surface area contributed by atoms with Crippen LogP contribution in [0.1, 0.15) is 27.0 Å². The Hall–Kier alpha value is -2.87. The fraction of sp³-hybridized carbons (Fsp3) is 0.278. The van der Waals surface area contributed by atoms with Crippen molar-refractivity contribution in [1.29, 1.82) is 0 Å². The maximum atomic E-state index is 12.4. The van der Waals surface area contributed by atoms with Gasteiger partial charge in [0, 0.05) is 10.9 Å². The van der Waals surface area contributed by atoms with E-state index in [1.54, 1.807) is 26.4 Å². The smallest absolute Gasteiger partial charge is 0.268 e. The van der Waals surface area contributed by atoms with Crippen LogP contribution < -0.4 is 14.8 Å². The van der Waals surface area contributed by atoms with Gasteiger partial charge in [-0.2, -0.15) is 4.98 Å². The number of benzene rings is 1. The minimum Gasteiger partial charge on any atom is -0.497 e. The molecule has 0 bridgehead atoms. The number of rotatable bonds is 6. The Bertz CT molecular complexity index is 932. The number of thiophene rings is 1. The number of carbonyl (C=O) groups excluding carboxylic acids is 1. The van der Waals surface area contributed by atoms with Crippen molar-refractivity contribution in [3.05, 3.63) is 39.6 Å². The molecule has 2 N–H and O–H groups in total. The summed E-state index contributed by atoms with van der Waals surface area (Å²) < 4.78 is 10.6. The summed E-state index contributed by atoms with van der Waals surface area (Å²) in [5, 5.41) is 9.63. The number of nitrogens with zero attached hydrogens (tertiary/aromatic N) is 2. The summed E-state index contributed by atoms with van der Waals surface area (Å²) in [5.74, 6) is 1.77. The number of H-pyrrole nitrogens is 1. The molecule has 0 aliphatic carbocycles. The zero-order valence-electron chi connectivity index (χ0n) is 15.0. The summed E-state index contributed by atoms with van der Waals surface area (Å²) in [7, 11) is 3.16. The number of aryl methyl sites for hydroxylation is 2. The highest BCUT2D eigenvalue weighted by molar-refractivity contribution is 7.14. The molecule has 0 saturated heterocycles. The van der Waals surface area contributed by atoms with Crippen molar-refractivity contribution in [3.63, 3.8) is 0 Å². The molecule has 0 atom stereocenters. The molecule has 0 fully saturated rings. The number of anilines is 1. The second-order valence-electron chi connectivity index (χ2n) is 5.57. The number of hydrogen-bond donors (Lipinski definition) is 2. The van der Waals surface area contributed by atoms with Crippen molar-refractivity contribution in [2.24, 2.45) is 0 Å². The fourth-order valence-electron chi connectivity index (χ4n) is 2.58. The Labute approximate surface area is 155 Å². The first kappa shape index (κ1) is 17.9. The Morgan fingerprint density at radius 2 is 2.08 bits per heavy atom. The van der Waals surface area contributed by atoms with Crippen LogP contribution in [0.25, 0.3) is 11.4 Å². The van der Waals surface area contributed by atoms with E-state index in [1.807, 2.05) is 19.1 Å². The summed E-state index contributed by atoms with van der Waals surface area (Å²) in [4.78, 5) is 18.6. The lowest BCUT2D eigenvalue weighted by atomic mass is 10.2. The molecule has 8 heteroatoms. The van der Waals surface area contributed by atoms with Gasteiger partial charge in [0.1, 0.15) is 11.5 Å². The number of hydrogen-bond acceptors (Lipinski definition) is 6. The lowest BCUT2D eigenvalue weighted by molar-refractivity contribution is 0.102. The van der Waals surface area contributed by atoms with Gasteiger partial charge in [0.15, 0.2) is 5.82 Å². The maximum absolute atomic E-state index is 12.4. The van der Waals surface area contributed by atoms with E-state index in [1.165, 1.54) is 16.9 Å². The first-order valence-corrected chi connectivity index (χ1v) is 8.92. The van der Waals surface area contributed by atoms with Gasteiger partial charge in [-0.1, -0.05) is 6.92 Å².